The van der Waals surface area contributed by atoms with Crippen LogP contribution in [0.3, 0.4) is 0 Å². The van der Waals surface area contributed by atoms with Crippen LogP contribution in [0.1, 0.15) is 29.0 Å². The molecule has 0 aliphatic carbocycles. The van der Waals surface area contributed by atoms with Crippen molar-refractivity contribution < 1.29 is 18.7 Å². The number of hydrogen-bond acceptors (Lipinski definition) is 3. The minimum Gasteiger partial charge on any atom is -0.454 e. The molecule has 0 unspecified atom stereocenters. The maximum atomic E-state index is 14.1. The molecule has 4 aromatic rings. The van der Waals surface area contributed by atoms with E-state index in [1.54, 1.807) is 6.07 Å². The molecule has 162 valence electrons. The van der Waals surface area contributed by atoms with E-state index in [1.807, 2.05) is 66.3 Å². The molecular formula is C26H23FN2O3. The lowest BCUT2D eigenvalue weighted by molar-refractivity contribution is -0.121. The number of amides is 1. The van der Waals surface area contributed by atoms with E-state index in [2.05, 4.69) is 5.32 Å². The van der Waals surface area contributed by atoms with Gasteiger partial charge in [0.25, 0.3) is 0 Å². The standard InChI is InChI=1S/C26H23FN2O3/c1-29-15-22(20-7-2-3-8-23(20)29)21(18-5-4-6-19(27)12-18)13-26(30)28-14-17-9-10-24-25(11-17)32-16-31-24/h2-12,15,21H,13-14,16H2,1H3,(H,28,30)/t21-/m0/s1. The third kappa shape index (κ3) is 3.91. The zero-order valence-electron chi connectivity index (χ0n) is 17.7. The Morgan fingerprint density at radius 2 is 1.91 bits per heavy atom. The number of hydrogen-bond donors (Lipinski definition) is 1. The third-order valence-corrected chi connectivity index (χ3v) is 5.87. The summed E-state index contributed by atoms with van der Waals surface area (Å²) in [5.74, 6) is 0.708. The number of rotatable bonds is 6. The SMILES string of the molecule is Cn1cc([C@@H](CC(=O)NCc2ccc3c(c2)OCO3)c2cccc(F)c2)c2ccccc21. The maximum absolute atomic E-state index is 14.1. The van der Waals surface area contributed by atoms with Crippen LogP contribution < -0.4 is 14.8 Å². The van der Waals surface area contributed by atoms with Gasteiger partial charge in [0, 0.05) is 43.0 Å². The number of aryl methyl sites for hydroxylation is 1. The summed E-state index contributed by atoms with van der Waals surface area (Å²) in [6.07, 6.45) is 2.24. The summed E-state index contributed by atoms with van der Waals surface area (Å²) < 4.78 is 26.8. The summed E-state index contributed by atoms with van der Waals surface area (Å²) in [5, 5.41) is 4.06. The Bertz CT molecular complexity index is 1300. The number of benzene rings is 3. The fourth-order valence-electron chi connectivity index (χ4n) is 4.29. The van der Waals surface area contributed by atoms with Gasteiger partial charge in [0.1, 0.15) is 5.82 Å². The van der Waals surface area contributed by atoms with Crippen LogP contribution in [0.4, 0.5) is 4.39 Å². The molecule has 2 heterocycles. The highest BCUT2D eigenvalue weighted by atomic mass is 19.1. The number of para-hydroxylation sites is 1. The smallest absolute Gasteiger partial charge is 0.231 e. The van der Waals surface area contributed by atoms with E-state index < -0.39 is 0 Å². The van der Waals surface area contributed by atoms with Gasteiger partial charge < -0.3 is 19.4 Å². The highest BCUT2D eigenvalue weighted by Crippen LogP contribution is 2.35. The van der Waals surface area contributed by atoms with Crippen LogP contribution in [-0.4, -0.2) is 17.3 Å². The average molecular weight is 430 g/mol. The van der Waals surface area contributed by atoms with Gasteiger partial charge in [-0.1, -0.05) is 36.4 Å². The summed E-state index contributed by atoms with van der Waals surface area (Å²) in [5.41, 5.74) is 3.78. The van der Waals surface area contributed by atoms with E-state index in [0.29, 0.717) is 18.0 Å². The number of aromatic nitrogens is 1. The minimum absolute atomic E-state index is 0.107. The molecule has 0 spiro atoms. The molecule has 1 aliphatic rings. The van der Waals surface area contributed by atoms with Crippen molar-refractivity contribution in [1.29, 1.82) is 0 Å². The topological polar surface area (TPSA) is 52.5 Å². The van der Waals surface area contributed by atoms with E-state index in [4.69, 9.17) is 9.47 Å². The lowest BCUT2D eigenvalue weighted by Crippen LogP contribution is -2.25. The average Bonchev–Trinajstić information content (AvgIpc) is 3.40. The van der Waals surface area contributed by atoms with Crippen LogP contribution in [0.15, 0.2) is 72.9 Å². The Labute approximate surface area is 185 Å². The zero-order valence-corrected chi connectivity index (χ0v) is 17.7. The van der Waals surface area contributed by atoms with Crippen molar-refractivity contribution in [2.45, 2.75) is 18.9 Å². The summed E-state index contributed by atoms with van der Waals surface area (Å²) in [6.45, 7) is 0.590. The Kier molecular flexibility index (Phi) is 5.27. The van der Waals surface area contributed by atoms with Gasteiger partial charge in [-0.15, -0.1) is 0 Å². The first-order chi connectivity index (χ1) is 15.6. The molecule has 1 N–H and O–H groups in total. The van der Waals surface area contributed by atoms with Gasteiger partial charge in [-0.3, -0.25) is 4.79 Å². The minimum atomic E-state index is -0.312. The quantitative estimate of drug-likeness (QED) is 0.474. The molecule has 1 amide bonds. The van der Waals surface area contributed by atoms with Gasteiger partial charge in [0.05, 0.1) is 0 Å². The van der Waals surface area contributed by atoms with Gasteiger partial charge in [0.2, 0.25) is 12.7 Å². The second-order valence-corrected chi connectivity index (χ2v) is 7.99. The van der Waals surface area contributed by atoms with E-state index in [-0.39, 0.29) is 30.9 Å². The van der Waals surface area contributed by atoms with Crippen molar-refractivity contribution in [3.05, 3.63) is 95.4 Å². The van der Waals surface area contributed by atoms with Crippen LogP contribution in [0, 0.1) is 5.82 Å². The van der Waals surface area contributed by atoms with Crippen molar-refractivity contribution in [3.8, 4) is 11.5 Å². The molecule has 32 heavy (non-hydrogen) atoms. The second kappa shape index (κ2) is 8.38. The van der Waals surface area contributed by atoms with E-state index in [9.17, 15) is 9.18 Å². The summed E-state index contributed by atoms with van der Waals surface area (Å²) in [4.78, 5) is 13.0. The number of carbonyl (C=O) groups excluding carboxylic acids is 1. The maximum Gasteiger partial charge on any atom is 0.231 e. The fraction of sp³-hybridized carbons (Fsp3) is 0.192. The molecule has 6 heteroatoms. The monoisotopic (exact) mass is 430 g/mol. The Hall–Kier alpha value is -3.80. The lowest BCUT2D eigenvalue weighted by atomic mass is 9.88. The van der Waals surface area contributed by atoms with Crippen LogP contribution >= 0.6 is 0 Å². The van der Waals surface area contributed by atoms with Gasteiger partial charge in [0.15, 0.2) is 11.5 Å². The number of ether oxygens (including phenoxy) is 2. The Morgan fingerprint density at radius 1 is 1.06 bits per heavy atom. The summed E-state index contributed by atoms with van der Waals surface area (Å²) in [6, 6.07) is 20.2. The fourth-order valence-corrected chi connectivity index (χ4v) is 4.29. The lowest BCUT2D eigenvalue weighted by Gasteiger charge is -2.17. The first-order valence-corrected chi connectivity index (χ1v) is 10.5. The summed E-state index contributed by atoms with van der Waals surface area (Å²) >= 11 is 0. The largest absolute Gasteiger partial charge is 0.454 e. The first kappa shape index (κ1) is 20.1. The second-order valence-electron chi connectivity index (χ2n) is 7.99. The zero-order chi connectivity index (χ0) is 22.1. The van der Waals surface area contributed by atoms with E-state index in [1.165, 1.54) is 12.1 Å². The highest BCUT2D eigenvalue weighted by Gasteiger charge is 2.23. The molecule has 0 saturated heterocycles. The van der Waals surface area contributed by atoms with Crippen molar-refractivity contribution in [3.63, 3.8) is 0 Å². The van der Waals surface area contributed by atoms with Gasteiger partial charge in [-0.05, 0) is 47.0 Å². The number of halogens is 1. The first-order valence-electron chi connectivity index (χ1n) is 10.5. The van der Waals surface area contributed by atoms with Crippen LogP contribution in [0.5, 0.6) is 11.5 Å². The van der Waals surface area contributed by atoms with Gasteiger partial charge in [-0.25, -0.2) is 4.39 Å². The molecule has 5 rings (SSSR count). The normalized spacial score (nSPS) is 13.3. The molecule has 1 atom stereocenters. The van der Waals surface area contributed by atoms with Crippen LogP contribution in [-0.2, 0) is 18.4 Å². The molecule has 0 radical (unpaired) electrons. The van der Waals surface area contributed by atoms with Crippen LogP contribution in [0.2, 0.25) is 0 Å². The third-order valence-electron chi connectivity index (χ3n) is 5.87. The molecule has 5 nitrogen and oxygen atoms in total. The highest BCUT2D eigenvalue weighted by molar-refractivity contribution is 5.86. The Balaban J connectivity index is 1.40. The Morgan fingerprint density at radius 3 is 2.78 bits per heavy atom. The molecule has 0 fully saturated rings. The molecular weight excluding hydrogens is 407 g/mol. The molecule has 1 aliphatic heterocycles. The number of nitrogens with zero attached hydrogens (tertiary/aromatic N) is 1. The van der Waals surface area contributed by atoms with E-state index >= 15 is 0 Å². The van der Waals surface area contributed by atoms with Crippen LogP contribution in [0.25, 0.3) is 10.9 Å². The van der Waals surface area contributed by atoms with Crippen molar-refractivity contribution >= 4 is 16.8 Å². The molecule has 0 saturated carbocycles. The van der Waals surface area contributed by atoms with E-state index in [0.717, 1.165) is 27.6 Å². The summed E-state index contributed by atoms with van der Waals surface area (Å²) in [7, 11) is 1.98. The van der Waals surface area contributed by atoms with Crippen molar-refractivity contribution in [1.82, 2.24) is 9.88 Å². The van der Waals surface area contributed by atoms with Crippen molar-refractivity contribution in [2.24, 2.45) is 7.05 Å². The predicted octanol–water partition coefficient (Wildman–Crippen LogP) is 4.88. The number of nitrogens with one attached hydrogen (secondary N) is 1. The van der Waals surface area contributed by atoms with Crippen molar-refractivity contribution in [2.75, 3.05) is 6.79 Å². The molecule has 1 aromatic heterocycles. The molecule has 3 aromatic carbocycles. The number of fused-ring (bicyclic) bond motifs is 2. The number of carbonyl (C=O) groups is 1. The van der Waals surface area contributed by atoms with Gasteiger partial charge >= 0.3 is 0 Å². The van der Waals surface area contributed by atoms with Gasteiger partial charge in [-0.2, -0.15) is 0 Å². The predicted molar refractivity (Wildman–Crippen MR) is 120 cm³/mol. The molecule has 0 bridgehead atoms.